The third-order valence-electron chi connectivity index (χ3n) is 2.62. The minimum absolute atomic E-state index is 0.709. The summed E-state index contributed by atoms with van der Waals surface area (Å²) >= 11 is 0. The highest BCUT2D eigenvalue weighted by Gasteiger charge is 2.25. The van der Waals surface area contributed by atoms with Crippen LogP contribution in [-0.2, 0) is 6.42 Å². The number of aromatic nitrogens is 2. The van der Waals surface area contributed by atoms with E-state index in [1.54, 1.807) is 0 Å². The highest BCUT2D eigenvalue weighted by Crippen LogP contribution is 2.39. The van der Waals surface area contributed by atoms with Gasteiger partial charge in [-0.3, -0.25) is 0 Å². The quantitative estimate of drug-likeness (QED) is 0.803. The molecule has 3 heteroatoms. The lowest BCUT2D eigenvalue weighted by Crippen LogP contribution is -2.05. The second kappa shape index (κ2) is 4.60. The topological polar surface area (TPSA) is 37.8 Å². The highest BCUT2D eigenvalue weighted by molar-refractivity contribution is 5.38. The van der Waals surface area contributed by atoms with Crippen LogP contribution in [0.25, 0.3) is 0 Å². The Morgan fingerprint density at radius 1 is 1.33 bits per heavy atom. The van der Waals surface area contributed by atoms with Gasteiger partial charge in [-0.1, -0.05) is 6.92 Å². The molecule has 1 N–H and O–H groups in total. The molecule has 0 bridgehead atoms. The number of nitrogens with one attached hydrogen (secondary N) is 1. The predicted octanol–water partition coefficient (Wildman–Crippen LogP) is 2.74. The Hall–Kier alpha value is -1.12. The van der Waals surface area contributed by atoms with Gasteiger partial charge in [-0.05, 0) is 26.2 Å². The van der Waals surface area contributed by atoms with Gasteiger partial charge in [0.25, 0.3) is 0 Å². The van der Waals surface area contributed by atoms with Gasteiger partial charge in [0.2, 0.25) is 0 Å². The Bertz CT molecular complexity index is 307. The molecule has 0 saturated heterocycles. The average Bonchev–Trinajstić information content (AvgIpc) is 3.01. The van der Waals surface area contributed by atoms with Crippen molar-refractivity contribution in [1.82, 2.24) is 9.97 Å². The van der Waals surface area contributed by atoms with Gasteiger partial charge < -0.3 is 5.32 Å². The molecule has 1 heterocycles. The lowest BCUT2D eigenvalue weighted by atomic mass is 10.2. The molecule has 3 nitrogen and oxygen atoms in total. The molecule has 1 aliphatic rings. The number of anilines is 1. The third kappa shape index (κ3) is 2.67. The molecule has 82 valence electrons. The zero-order valence-corrected chi connectivity index (χ0v) is 9.58. The van der Waals surface area contributed by atoms with Crippen molar-refractivity contribution in [3.8, 4) is 0 Å². The smallest absolute Gasteiger partial charge is 0.131 e. The van der Waals surface area contributed by atoms with Gasteiger partial charge in [0, 0.05) is 30.6 Å². The largest absolute Gasteiger partial charge is 0.370 e. The standard InChI is InChI=1S/C12H19N3/c1-3-5-11-14-10(9-6-7-9)8-12(15-11)13-4-2/h8-9H,3-7H2,1-2H3,(H,13,14,15). The number of rotatable bonds is 5. The Kier molecular flexibility index (Phi) is 3.19. The highest BCUT2D eigenvalue weighted by atomic mass is 15.0. The molecule has 0 aromatic carbocycles. The van der Waals surface area contributed by atoms with E-state index >= 15 is 0 Å². The predicted molar refractivity (Wildman–Crippen MR) is 62.2 cm³/mol. The van der Waals surface area contributed by atoms with E-state index in [1.807, 2.05) is 0 Å². The van der Waals surface area contributed by atoms with Crippen molar-refractivity contribution in [2.45, 2.75) is 45.4 Å². The molecule has 1 saturated carbocycles. The minimum atomic E-state index is 0.709. The Morgan fingerprint density at radius 3 is 2.73 bits per heavy atom. The maximum Gasteiger partial charge on any atom is 0.131 e. The molecule has 0 aliphatic heterocycles. The fourth-order valence-electron chi connectivity index (χ4n) is 1.71. The Balaban J connectivity index is 2.21. The maximum atomic E-state index is 4.62. The average molecular weight is 205 g/mol. The van der Waals surface area contributed by atoms with Gasteiger partial charge in [0.1, 0.15) is 11.6 Å². The Labute approximate surface area is 91.3 Å². The number of aryl methyl sites for hydroxylation is 1. The monoisotopic (exact) mass is 205 g/mol. The lowest BCUT2D eigenvalue weighted by molar-refractivity contribution is 0.811. The van der Waals surface area contributed by atoms with Crippen LogP contribution >= 0.6 is 0 Å². The second-order valence-corrected chi connectivity index (χ2v) is 4.15. The number of nitrogens with zero attached hydrogens (tertiary/aromatic N) is 2. The summed E-state index contributed by atoms with van der Waals surface area (Å²) in [5.74, 6) is 2.71. The fraction of sp³-hybridized carbons (Fsp3) is 0.667. The molecule has 1 fully saturated rings. The fourth-order valence-corrected chi connectivity index (χ4v) is 1.71. The summed E-state index contributed by atoms with van der Waals surface area (Å²) < 4.78 is 0. The van der Waals surface area contributed by atoms with E-state index in [0.29, 0.717) is 5.92 Å². The lowest BCUT2D eigenvalue weighted by Gasteiger charge is -2.07. The van der Waals surface area contributed by atoms with E-state index < -0.39 is 0 Å². The van der Waals surface area contributed by atoms with Crippen LogP contribution in [0.4, 0.5) is 5.82 Å². The van der Waals surface area contributed by atoms with Gasteiger partial charge in [-0.2, -0.15) is 0 Å². The molecular formula is C12H19N3. The summed E-state index contributed by atoms with van der Waals surface area (Å²) in [7, 11) is 0. The van der Waals surface area contributed by atoms with Gasteiger partial charge >= 0.3 is 0 Å². The van der Waals surface area contributed by atoms with Crippen LogP contribution in [0.3, 0.4) is 0 Å². The first-order valence-electron chi connectivity index (χ1n) is 5.95. The maximum absolute atomic E-state index is 4.62. The van der Waals surface area contributed by atoms with E-state index in [-0.39, 0.29) is 0 Å². The summed E-state index contributed by atoms with van der Waals surface area (Å²) in [5.41, 5.74) is 1.24. The SMILES string of the molecule is CCCc1nc(NCC)cc(C2CC2)n1. The van der Waals surface area contributed by atoms with Gasteiger partial charge in [-0.15, -0.1) is 0 Å². The van der Waals surface area contributed by atoms with Crippen molar-refractivity contribution in [2.24, 2.45) is 0 Å². The molecule has 0 atom stereocenters. The van der Waals surface area contributed by atoms with E-state index in [1.165, 1.54) is 18.5 Å². The van der Waals surface area contributed by atoms with Crippen LogP contribution in [0.1, 0.15) is 50.5 Å². The summed E-state index contributed by atoms with van der Waals surface area (Å²) in [5, 5.41) is 3.28. The summed E-state index contributed by atoms with van der Waals surface area (Å²) in [6, 6.07) is 2.11. The van der Waals surface area contributed by atoms with Gasteiger partial charge in [0.05, 0.1) is 0 Å². The van der Waals surface area contributed by atoms with Crippen LogP contribution in [0, 0.1) is 0 Å². The molecule has 0 radical (unpaired) electrons. The minimum Gasteiger partial charge on any atom is -0.370 e. The Morgan fingerprint density at radius 2 is 2.13 bits per heavy atom. The zero-order chi connectivity index (χ0) is 10.7. The van der Waals surface area contributed by atoms with E-state index in [4.69, 9.17) is 0 Å². The van der Waals surface area contributed by atoms with E-state index in [0.717, 1.165) is 31.0 Å². The van der Waals surface area contributed by atoms with Crippen molar-refractivity contribution in [3.05, 3.63) is 17.6 Å². The van der Waals surface area contributed by atoms with Crippen molar-refractivity contribution in [1.29, 1.82) is 0 Å². The van der Waals surface area contributed by atoms with Crippen molar-refractivity contribution in [3.63, 3.8) is 0 Å². The zero-order valence-electron chi connectivity index (χ0n) is 9.58. The first-order valence-corrected chi connectivity index (χ1v) is 5.95. The van der Waals surface area contributed by atoms with Crippen molar-refractivity contribution < 1.29 is 0 Å². The molecule has 0 spiro atoms. The third-order valence-corrected chi connectivity index (χ3v) is 2.62. The molecule has 0 unspecified atom stereocenters. The van der Waals surface area contributed by atoms with Crippen LogP contribution < -0.4 is 5.32 Å². The molecule has 2 rings (SSSR count). The summed E-state index contributed by atoms with van der Waals surface area (Å²) in [4.78, 5) is 9.12. The molecule has 0 amide bonds. The van der Waals surface area contributed by atoms with Crippen LogP contribution in [0.2, 0.25) is 0 Å². The number of hydrogen-bond acceptors (Lipinski definition) is 3. The molecule has 1 aromatic heterocycles. The molecule has 15 heavy (non-hydrogen) atoms. The van der Waals surface area contributed by atoms with Crippen molar-refractivity contribution in [2.75, 3.05) is 11.9 Å². The summed E-state index contributed by atoms with van der Waals surface area (Å²) in [6.45, 7) is 5.19. The molecular weight excluding hydrogens is 186 g/mol. The van der Waals surface area contributed by atoms with Crippen molar-refractivity contribution >= 4 is 5.82 Å². The van der Waals surface area contributed by atoms with Crippen LogP contribution in [0.5, 0.6) is 0 Å². The second-order valence-electron chi connectivity index (χ2n) is 4.15. The number of hydrogen-bond donors (Lipinski definition) is 1. The molecule has 1 aromatic rings. The van der Waals surface area contributed by atoms with Crippen LogP contribution in [0.15, 0.2) is 6.07 Å². The normalized spacial score (nSPS) is 15.3. The first-order chi connectivity index (χ1) is 7.33. The van der Waals surface area contributed by atoms with Gasteiger partial charge in [-0.25, -0.2) is 9.97 Å². The molecule has 1 aliphatic carbocycles. The van der Waals surface area contributed by atoms with Crippen LogP contribution in [-0.4, -0.2) is 16.5 Å². The first kappa shape index (κ1) is 10.4. The summed E-state index contributed by atoms with van der Waals surface area (Å²) in [6.07, 6.45) is 4.70. The van der Waals surface area contributed by atoms with Gasteiger partial charge in [0.15, 0.2) is 0 Å². The van der Waals surface area contributed by atoms with E-state index in [2.05, 4.69) is 35.2 Å². The van der Waals surface area contributed by atoms with E-state index in [9.17, 15) is 0 Å².